The Hall–Kier alpha value is -2.05. The summed E-state index contributed by atoms with van der Waals surface area (Å²) in [7, 11) is 0. The molecule has 1 aliphatic rings. The summed E-state index contributed by atoms with van der Waals surface area (Å²) in [5.74, 6) is 0.861. The number of likely N-dealkylation sites (tertiary alicyclic amines) is 1. The third kappa shape index (κ3) is 6.60. The van der Waals surface area contributed by atoms with E-state index in [0.717, 1.165) is 30.8 Å². The van der Waals surface area contributed by atoms with Crippen molar-refractivity contribution in [2.75, 3.05) is 26.2 Å². The number of hydrogen-bond donors (Lipinski definition) is 3. The summed E-state index contributed by atoms with van der Waals surface area (Å²) in [5.41, 5.74) is 1.12. The van der Waals surface area contributed by atoms with Crippen LogP contribution in [-0.2, 0) is 6.42 Å². The number of allylic oxidation sites excluding steroid dienone is 1. The molecule has 2 atom stereocenters. The van der Waals surface area contributed by atoms with E-state index in [-0.39, 0.29) is 6.10 Å². The highest BCUT2D eigenvalue weighted by atomic mass is 16.5. The van der Waals surface area contributed by atoms with Gasteiger partial charge in [0, 0.05) is 19.6 Å². The van der Waals surface area contributed by atoms with Crippen molar-refractivity contribution in [3.63, 3.8) is 0 Å². The Balaban J connectivity index is 0.000000413. The van der Waals surface area contributed by atoms with Gasteiger partial charge in [-0.2, -0.15) is 0 Å². The number of carbonyl (C=O) groups is 1. The molecule has 1 saturated heterocycles. The minimum atomic E-state index is -0.961. The molecule has 0 bridgehead atoms. The minimum Gasteiger partial charge on any atom is -0.486 e. The molecule has 0 aliphatic carbocycles. The van der Waals surface area contributed by atoms with Crippen molar-refractivity contribution in [2.24, 2.45) is 0 Å². The summed E-state index contributed by atoms with van der Waals surface area (Å²) < 4.78 is 5.96. The van der Waals surface area contributed by atoms with Gasteiger partial charge in [0.15, 0.2) is 0 Å². The Morgan fingerprint density at radius 2 is 2.12 bits per heavy atom. The Labute approximate surface area is 143 Å². The number of rotatable bonds is 6. The Kier molecular flexibility index (Phi) is 8.89. The Morgan fingerprint density at radius 1 is 1.42 bits per heavy atom. The molecule has 3 N–H and O–H groups in total. The second kappa shape index (κ2) is 10.7. The van der Waals surface area contributed by atoms with Crippen LogP contribution >= 0.6 is 0 Å². The third-order valence-electron chi connectivity index (χ3n) is 3.70. The fourth-order valence-corrected chi connectivity index (χ4v) is 2.46. The lowest BCUT2D eigenvalue weighted by molar-refractivity contribution is 0.0731. The quantitative estimate of drug-likeness (QED) is 0.693. The predicted molar refractivity (Wildman–Crippen MR) is 94.6 cm³/mol. The topological polar surface area (TPSA) is 82.0 Å². The van der Waals surface area contributed by atoms with E-state index < -0.39 is 12.2 Å². The van der Waals surface area contributed by atoms with Crippen LogP contribution in [0.4, 0.5) is 4.79 Å². The van der Waals surface area contributed by atoms with E-state index in [1.165, 1.54) is 0 Å². The first-order valence-electron chi connectivity index (χ1n) is 8.24. The monoisotopic (exact) mass is 336 g/mol. The minimum absolute atomic E-state index is 0.129. The second-order valence-electron chi connectivity index (χ2n) is 5.51. The molecule has 1 amide bonds. The van der Waals surface area contributed by atoms with Crippen LogP contribution in [0.5, 0.6) is 5.75 Å². The standard InChI is InChI=1S/C15H21NO2.C3H7NO2/c1-3-7-12-8-5-6-9-14(12)18-15-11-16(4-2)10-13(15)17;1-2-4-3(5)6/h3,5-6,8-9,13,15,17H,1,4,7,10-11H2,2H3;4H,2H2,1H3,(H,5,6)/t13-,15-;/m0./s1. The second-order valence-corrected chi connectivity index (χ2v) is 5.51. The first-order valence-corrected chi connectivity index (χ1v) is 8.24. The molecule has 2 rings (SSSR count). The van der Waals surface area contributed by atoms with Gasteiger partial charge in [-0.1, -0.05) is 31.2 Å². The molecule has 1 aromatic rings. The molecular formula is C18H28N2O4. The van der Waals surface area contributed by atoms with Gasteiger partial charge >= 0.3 is 6.09 Å². The molecule has 0 spiro atoms. The van der Waals surface area contributed by atoms with E-state index in [4.69, 9.17) is 9.84 Å². The van der Waals surface area contributed by atoms with Crippen molar-refractivity contribution in [3.05, 3.63) is 42.5 Å². The SMILES string of the molecule is C=CCc1ccccc1O[C@H]1CN(CC)C[C@@H]1O.CCNC(=O)O. The highest BCUT2D eigenvalue weighted by Crippen LogP contribution is 2.23. The number of aliphatic hydroxyl groups excluding tert-OH is 1. The molecule has 1 aromatic carbocycles. The fraction of sp³-hybridized carbons (Fsp3) is 0.500. The molecule has 0 unspecified atom stereocenters. The van der Waals surface area contributed by atoms with Crippen molar-refractivity contribution >= 4 is 6.09 Å². The van der Waals surface area contributed by atoms with E-state index in [2.05, 4.69) is 23.7 Å². The number of ether oxygens (including phenoxy) is 1. The van der Waals surface area contributed by atoms with Gasteiger partial charge in [-0.15, -0.1) is 6.58 Å². The van der Waals surface area contributed by atoms with Crippen LogP contribution in [0.25, 0.3) is 0 Å². The van der Waals surface area contributed by atoms with Crippen molar-refractivity contribution in [2.45, 2.75) is 32.5 Å². The zero-order valence-electron chi connectivity index (χ0n) is 14.4. The first kappa shape index (κ1) is 20.0. The van der Waals surface area contributed by atoms with Crippen molar-refractivity contribution in [1.29, 1.82) is 0 Å². The lowest BCUT2D eigenvalue weighted by atomic mass is 10.1. The molecule has 0 radical (unpaired) electrons. The summed E-state index contributed by atoms with van der Waals surface area (Å²) in [5, 5.41) is 19.9. The average Bonchev–Trinajstić information content (AvgIpc) is 2.90. The van der Waals surface area contributed by atoms with Gasteiger partial charge in [-0.25, -0.2) is 4.79 Å². The molecule has 6 heteroatoms. The molecule has 0 aromatic heterocycles. The molecule has 1 fully saturated rings. The highest BCUT2D eigenvalue weighted by molar-refractivity contribution is 5.64. The van der Waals surface area contributed by atoms with Crippen LogP contribution in [0.2, 0.25) is 0 Å². The van der Waals surface area contributed by atoms with E-state index in [1.54, 1.807) is 6.92 Å². The average molecular weight is 336 g/mol. The number of para-hydroxylation sites is 1. The summed E-state index contributed by atoms with van der Waals surface area (Å²) in [4.78, 5) is 11.7. The lowest BCUT2D eigenvalue weighted by Crippen LogP contribution is -2.30. The van der Waals surface area contributed by atoms with Crippen LogP contribution in [0, 0.1) is 0 Å². The number of aliphatic hydroxyl groups is 1. The van der Waals surface area contributed by atoms with Crippen LogP contribution in [0.1, 0.15) is 19.4 Å². The smallest absolute Gasteiger partial charge is 0.404 e. The summed E-state index contributed by atoms with van der Waals surface area (Å²) in [6.45, 7) is 10.5. The van der Waals surface area contributed by atoms with Gasteiger partial charge < -0.3 is 20.3 Å². The summed E-state index contributed by atoms with van der Waals surface area (Å²) in [6.07, 6.45) is 1.16. The van der Waals surface area contributed by atoms with E-state index in [1.807, 2.05) is 30.3 Å². The van der Waals surface area contributed by atoms with Gasteiger partial charge in [0.1, 0.15) is 18.0 Å². The fourth-order valence-electron chi connectivity index (χ4n) is 2.46. The van der Waals surface area contributed by atoms with Crippen molar-refractivity contribution < 1.29 is 19.7 Å². The third-order valence-corrected chi connectivity index (χ3v) is 3.70. The first-order chi connectivity index (χ1) is 11.5. The molecule has 6 nitrogen and oxygen atoms in total. The number of carboxylic acid groups (broad SMARTS) is 1. The maximum atomic E-state index is 9.99. The number of amides is 1. The molecule has 24 heavy (non-hydrogen) atoms. The Bertz CT molecular complexity index is 521. The van der Waals surface area contributed by atoms with Crippen LogP contribution < -0.4 is 10.1 Å². The molecule has 1 heterocycles. The number of hydrogen-bond acceptors (Lipinski definition) is 4. The van der Waals surface area contributed by atoms with Crippen LogP contribution in [0.15, 0.2) is 36.9 Å². The molecule has 134 valence electrons. The number of nitrogens with zero attached hydrogens (tertiary/aromatic N) is 1. The zero-order chi connectivity index (χ0) is 17.9. The maximum Gasteiger partial charge on any atom is 0.404 e. The molecule has 1 aliphatic heterocycles. The van der Waals surface area contributed by atoms with Gasteiger partial charge in [-0.3, -0.25) is 4.90 Å². The highest BCUT2D eigenvalue weighted by Gasteiger charge is 2.32. The summed E-state index contributed by atoms with van der Waals surface area (Å²) in [6, 6.07) is 7.95. The van der Waals surface area contributed by atoms with Crippen molar-refractivity contribution in [1.82, 2.24) is 10.2 Å². The van der Waals surface area contributed by atoms with Gasteiger partial charge in [0.25, 0.3) is 0 Å². The largest absolute Gasteiger partial charge is 0.486 e. The van der Waals surface area contributed by atoms with E-state index >= 15 is 0 Å². The van der Waals surface area contributed by atoms with Gasteiger partial charge in [-0.05, 0) is 31.5 Å². The molecular weight excluding hydrogens is 308 g/mol. The number of nitrogens with one attached hydrogen (secondary N) is 1. The number of β-amino-alcohol motifs (C(OH)–C–C–N with tert-alkyl or cyclic N) is 1. The number of likely N-dealkylation sites (N-methyl/N-ethyl adjacent to an activating group) is 1. The maximum absolute atomic E-state index is 9.99. The normalized spacial score (nSPS) is 20.0. The van der Waals surface area contributed by atoms with Crippen LogP contribution in [0.3, 0.4) is 0 Å². The van der Waals surface area contributed by atoms with Gasteiger partial charge in [0.05, 0.1) is 0 Å². The lowest BCUT2D eigenvalue weighted by Gasteiger charge is -2.18. The Morgan fingerprint density at radius 3 is 2.62 bits per heavy atom. The van der Waals surface area contributed by atoms with Gasteiger partial charge in [0.2, 0.25) is 0 Å². The van der Waals surface area contributed by atoms with E-state index in [0.29, 0.717) is 13.1 Å². The predicted octanol–water partition coefficient (Wildman–Crippen LogP) is 2.13. The van der Waals surface area contributed by atoms with E-state index in [9.17, 15) is 9.90 Å². The summed E-state index contributed by atoms with van der Waals surface area (Å²) >= 11 is 0. The van der Waals surface area contributed by atoms with Crippen LogP contribution in [-0.4, -0.2) is 59.6 Å². The van der Waals surface area contributed by atoms with Crippen molar-refractivity contribution in [3.8, 4) is 5.75 Å². The number of benzene rings is 1. The molecule has 0 saturated carbocycles. The zero-order valence-corrected chi connectivity index (χ0v) is 14.4.